The van der Waals surface area contributed by atoms with Crippen LogP contribution < -0.4 is 20.1 Å². The number of nitrogens with one attached hydrogen (secondary N) is 2. The van der Waals surface area contributed by atoms with Gasteiger partial charge in [-0.05, 0) is 24.6 Å². The quantitative estimate of drug-likeness (QED) is 0.382. The molecule has 0 aromatic heterocycles. The molecule has 2 aromatic carbocycles. The van der Waals surface area contributed by atoms with Crippen LogP contribution in [0.4, 0.5) is 0 Å². The molecule has 2 rings (SSSR count). The van der Waals surface area contributed by atoms with Crippen LogP contribution in [0.1, 0.15) is 12.5 Å². The number of benzene rings is 2. The average Bonchev–Trinajstić information content (AvgIpc) is 2.63. The largest absolute Gasteiger partial charge is 0.497 e. The van der Waals surface area contributed by atoms with Crippen molar-refractivity contribution in [3.05, 3.63) is 60.2 Å². The fourth-order valence-electron chi connectivity index (χ4n) is 2.19. The molecule has 0 amide bonds. The standard InChI is InChI=1S/C19H25N3O2.HI/c1-15(24-18-11-7-10-17(12-18)23-3)13-21-19(20-2)22-14-16-8-5-4-6-9-16;/h4-12,15H,13-14H2,1-3H3,(H2,20,21,22);1H. The van der Waals surface area contributed by atoms with E-state index in [0.29, 0.717) is 6.54 Å². The molecule has 5 nitrogen and oxygen atoms in total. The van der Waals surface area contributed by atoms with Gasteiger partial charge in [0, 0.05) is 19.7 Å². The van der Waals surface area contributed by atoms with Gasteiger partial charge in [0.05, 0.1) is 13.7 Å². The van der Waals surface area contributed by atoms with E-state index in [1.165, 1.54) is 5.56 Å². The Hall–Kier alpha value is -1.96. The first-order valence-electron chi connectivity index (χ1n) is 8.00. The molecular formula is C19H26IN3O2. The van der Waals surface area contributed by atoms with E-state index < -0.39 is 0 Å². The van der Waals surface area contributed by atoms with Crippen molar-refractivity contribution in [2.45, 2.75) is 19.6 Å². The molecule has 0 saturated heterocycles. The number of ether oxygens (including phenoxy) is 2. The summed E-state index contributed by atoms with van der Waals surface area (Å²) in [4.78, 5) is 4.23. The zero-order valence-electron chi connectivity index (χ0n) is 14.9. The van der Waals surface area contributed by atoms with E-state index in [1.54, 1.807) is 14.2 Å². The lowest BCUT2D eigenvalue weighted by atomic mass is 10.2. The minimum atomic E-state index is -0.00705. The van der Waals surface area contributed by atoms with Gasteiger partial charge in [-0.1, -0.05) is 36.4 Å². The number of rotatable bonds is 7. The third-order valence-electron chi connectivity index (χ3n) is 3.46. The van der Waals surface area contributed by atoms with Gasteiger partial charge in [-0.15, -0.1) is 24.0 Å². The predicted molar refractivity (Wildman–Crippen MR) is 113 cm³/mol. The van der Waals surface area contributed by atoms with E-state index in [4.69, 9.17) is 9.47 Å². The van der Waals surface area contributed by atoms with Crippen molar-refractivity contribution >= 4 is 29.9 Å². The van der Waals surface area contributed by atoms with Crippen LogP contribution >= 0.6 is 24.0 Å². The van der Waals surface area contributed by atoms with Gasteiger partial charge in [0.1, 0.15) is 17.6 Å². The van der Waals surface area contributed by atoms with Gasteiger partial charge in [-0.25, -0.2) is 0 Å². The summed E-state index contributed by atoms with van der Waals surface area (Å²) < 4.78 is 11.1. The number of hydrogen-bond donors (Lipinski definition) is 2. The number of guanidine groups is 1. The van der Waals surface area contributed by atoms with E-state index in [9.17, 15) is 0 Å². The van der Waals surface area contributed by atoms with Gasteiger partial charge in [-0.2, -0.15) is 0 Å². The molecule has 0 fully saturated rings. The second kappa shape index (κ2) is 11.6. The summed E-state index contributed by atoms with van der Waals surface area (Å²) in [6.45, 7) is 3.38. The van der Waals surface area contributed by atoms with Crippen LogP contribution in [0.25, 0.3) is 0 Å². The van der Waals surface area contributed by atoms with Crippen molar-refractivity contribution in [1.29, 1.82) is 0 Å². The summed E-state index contributed by atoms with van der Waals surface area (Å²) >= 11 is 0. The van der Waals surface area contributed by atoms with E-state index in [0.717, 1.165) is 24.0 Å². The Balaban J connectivity index is 0.00000312. The number of hydrogen-bond acceptors (Lipinski definition) is 3. The van der Waals surface area contributed by atoms with E-state index in [-0.39, 0.29) is 30.1 Å². The number of methoxy groups -OCH3 is 1. The Morgan fingerprint density at radius 3 is 2.44 bits per heavy atom. The molecule has 0 spiro atoms. The van der Waals surface area contributed by atoms with Gasteiger partial charge >= 0.3 is 0 Å². The molecule has 0 heterocycles. The van der Waals surface area contributed by atoms with Crippen LogP contribution in [0.5, 0.6) is 11.5 Å². The topological polar surface area (TPSA) is 54.9 Å². The van der Waals surface area contributed by atoms with Crippen LogP contribution in [0.3, 0.4) is 0 Å². The fourth-order valence-corrected chi connectivity index (χ4v) is 2.19. The maximum Gasteiger partial charge on any atom is 0.191 e. The lowest BCUT2D eigenvalue weighted by molar-refractivity contribution is 0.223. The third-order valence-corrected chi connectivity index (χ3v) is 3.46. The van der Waals surface area contributed by atoms with Gasteiger partial charge in [0.2, 0.25) is 0 Å². The fraction of sp³-hybridized carbons (Fsp3) is 0.316. The first kappa shape index (κ1) is 21.1. The highest BCUT2D eigenvalue weighted by atomic mass is 127. The lowest BCUT2D eigenvalue weighted by Gasteiger charge is -2.18. The number of aliphatic imine (C=N–C) groups is 1. The van der Waals surface area contributed by atoms with Crippen molar-refractivity contribution < 1.29 is 9.47 Å². The predicted octanol–water partition coefficient (Wildman–Crippen LogP) is 3.45. The molecule has 1 atom stereocenters. The summed E-state index contributed by atoms with van der Waals surface area (Å²) in [5, 5.41) is 6.56. The van der Waals surface area contributed by atoms with Crippen molar-refractivity contribution in [3.8, 4) is 11.5 Å². The summed E-state index contributed by atoms with van der Waals surface area (Å²) in [6, 6.07) is 17.8. The van der Waals surface area contributed by atoms with Crippen LogP contribution in [0.2, 0.25) is 0 Å². The van der Waals surface area contributed by atoms with Crippen LogP contribution in [0.15, 0.2) is 59.6 Å². The average molecular weight is 455 g/mol. The monoisotopic (exact) mass is 455 g/mol. The minimum absolute atomic E-state index is 0. The molecule has 0 saturated carbocycles. The summed E-state index contributed by atoms with van der Waals surface area (Å²) in [7, 11) is 3.40. The maximum absolute atomic E-state index is 5.89. The van der Waals surface area contributed by atoms with Crippen molar-refractivity contribution in [3.63, 3.8) is 0 Å². The molecule has 0 bridgehead atoms. The van der Waals surface area contributed by atoms with Crippen LogP contribution in [-0.2, 0) is 6.54 Å². The number of nitrogens with zero attached hydrogens (tertiary/aromatic N) is 1. The van der Waals surface area contributed by atoms with Gasteiger partial charge in [0.25, 0.3) is 0 Å². The minimum Gasteiger partial charge on any atom is -0.497 e. The molecule has 2 aromatic rings. The second-order valence-electron chi connectivity index (χ2n) is 5.40. The van der Waals surface area contributed by atoms with Crippen molar-refractivity contribution in [2.75, 3.05) is 20.7 Å². The summed E-state index contributed by atoms with van der Waals surface area (Å²) in [6.07, 6.45) is -0.00705. The molecule has 136 valence electrons. The first-order valence-corrected chi connectivity index (χ1v) is 8.00. The molecule has 0 aliphatic heterocycles. The Morgan fingerprint density at radius 1 is 1.04 bits per heavy atom. The van der Waals surface area contributed by atoms with E-state index >= 15 is 0 Å². The first-order chi connectivity index (χ1) is 11.7. The molecule has 25 heavy (non-hydrogen) atoms. The summed E-state index contributed by atoms with van der Waals surface area (Å²) in [5.41, 5.74) is 1.21. The molecule has 0 aliphatic carbocycles. The van der Waals surface area contributed by atoms with E-state index in [2.05, 4.69) is 27.8 Å². The Labute approximate surface area is 166 Å². The molecule has 0 radical (unpaired) electrons. The third kappa shape index (κ3) is 7.64. The maximum atomic E-state index is 5.89. The molecule has 6 heteroatoms. The van der Waals surface area contributed by atoms with Gasteiger partial charge in [0.15, 0.2) is 5.96 Å². The lowest BCUT2D eigenvalue weighted by Crippen LogP contribution is -2.41. The van der Waals surface area contributed by atoms with E-state index in [1.807, 2.05) is 49.4 Å². The smallest absolute Gasteiger partial charge is 0.191 e. The second-order valence-corrected chi connectivity index (χ2v) is 5.40. The Morgan fingerprint density at radius 2 is 1.76 bits per heavy atom. The Bertz CT molecular complexity index is 650. The van der Waals surface area contributed by atoms with Gasteiger partial charge < -0.3 is 20.1 Å². The zero-order valence-corrected chi connectivity index (χ0v) is 17.2. The molecule has 0 aliphatic rings. The highest BCUT2D eigenvalue weighted by Crippen LogP contribution is 2.19. The highest BCUT2D eigenvalue weighted by Gasteiger charge is 2.06. The number of halogens is 1. The normalized spacial score (nSPS) is 11.9. The van der Waals surface area contributed by atoms with Crippen LogP contribution in [-0.4, -0.2) is 32.8 Å². The van der Waals surface area contributed by atoms with Crippen LogP contribution in [0, 0.1) is 0 Å². The van der Waals surface area contributed by atoms with Crippen molar-refractivity contribution in [2.24, 2.45) is 4.99 Å². The molecular weight excluding hydrogens is 429 g/mol. The Kier molecular flexibility index (Phi) is 9.76. The molecule has 2 N–H and O–H groups in total. The molecule has 1 unspecified atom stereocenters. The highest BCUT2D eigenvalue weighted by molar-refractivity contribution is 14.0. The van der Waals surface area contributed by atoms with Crippen molar-refractivity contribution in [1.82, 2.24) is 10.6 Å². The summed E-state index contributed by atoms with van der Waals surface area (Å²) in [5.74, 6) is 2.32. The zero-order chi connectivity index (χ0) is 17.2. The SMILES string of the molecule is CN=C(NCc1ccccc1)NCC(C)Oc1cccc(OC)c1.I. The van der Waals surface area contributed by atoms with Gasteiger partial charge in [-0.3, -0.25) is 4.99 Å².